The third kappa shape index (κ3) is 5.49. The van der Waals surface area contributed by atoms with Gasteiger partial charge in [-0.05, 0) is 68.7 Å². The topological polar surface area (TPSA) is 35.5 Å². The summed E-state index contributed by atoms with van der Waals surface area (Å²) < 4.78 is 66.6. The smallest absolute Gasteiger partial charge is 0.422 e. The number of alkyl halides is 3. The fourth-order valence-electron chi connectivity index (χ4n) is 4.28. The van der Waals surface area contributed by atoms with Crippen molar-refractivity contribution in [2.45, 2.75) is 75.8 Å². The number of rotatable bonds is 5. The first-order valence-electron chi connectivity index (χ1n) is 10.5. The van der Waals surface area contributed by atoms with E-state index in [1.807, 2.05) is 18.7 Å². The van der Waals surface area contributed by atoms with Gasteiger partial charge in [-0.2, -0.15) is 24.9 Å². The average Bonchev–Trinajstić information content (AvgIpc) is 2.68. The summed E-state index contributed by atoms with van der Waals surface area (Å²) in [4.78, 5) is 12.4. The number of hydrogen-bond donors (Lipinski definition) is 0. The summed E-state index contributed by atoms with van der Waals surface area (Å²) in [5.74, 6) is -2.78. The minimum absolute atomic E-state index is 0.00216. The highest BCUT2D eigenvalue weighted by Crippen LogP contribution is 2.44. The van der Waals surface area contributed by atoms with Crippen molar-refractivity contribution >= 4 is 17.7 Å². The van der Waals surface area contributed by atoms with E-state index in [1.54, 1.807) is 0 Å². The van der Waals surface area contributed by atoms with Crippen molar-refractivity contribution < 1.29 is 31.8 Å². The van der Waals surface area contributed by atoms with Gasteiger partial charge in [0.05, 0.1) is 18.6 Å². The van der Waals surface area contributed by atoms with Crippen LogP contribution in [-0.4, -0.2) is 29.7 Å². The van der Waals surface area contributed by atoms with Crippen molar-refractivity contribution in [3.8, 4) is 5.75 Å². The SMILES string of the molecule is CCSC1CCC(c2ccc(OC(=O)C3CCC(C)OC3)c(C(F)(F)F)c2F)CC1. The van der Waals surface area contributed by atoms with Crippen molar-refractivity contribution in [3.05, 3.63) is 29.1 Å². The van der Waals surface area contributed by atoms with Gasteiger partial charge in [-0.25, -0.2) is 4.39 Å². The van der Waals surface area contributed by atoms with Gasteiger partial charge in [-0.15, -0.1) is 0 Å². The van der Waals surface area contributed by atoms with Gasteiger partial charge in [0.25, 0.3) is 0 Å². The zero-order valence-electron chi connectivity index (χ0n) is 17.3. The minimum Gasteiger partial charge on any atom is -0.425 e. The number of esters is 1. The summed E-state index contributed by atoms with van der Waals surface area (Å²) in [7, 11) is 0. The summed E-state index contributed by atoms with van der Waals surface area (Å²) in [6, 6.07) is 2.45. The van der Waals surface area contributed by atoms with Crippen molar-refractivity contribution in [3.63, 3.8) is 0 Å². The average molecular weight is 449 g/mol. The highest BCUT2D eigenvalue weighted by molar-refractivity contribution is 7.99. The Labute approximate surface area is 178 Å². The molecule has 0 radical (unpaired) electrons. The Kier molecular flexibility index (Phi) is 7.71. The lowest BCUT2D eigenvalue weighted by Gasteiger charge is -2.29. The van der Waals surface area contributed by atoms with Crippen LogP contribution in [0.3, 0.4) is 0 Å². The van der Waals surface area contributed by atoms with Gasteiger partial charge < -0.3 is 9.47 Å². The lowest BCUT2D eigenvalue weighted by molar-refractivity contribution is -0.149. The Bertz CT molecular complexity index is 737. The molecule has 1 heterocycles. The molecule has 1 aliphatic carbocycles. The Balaban J connectivity index is 1.80. The zero-order valence-corrected chi connectivity index (χ0v) is 18.1. The molecule has 1 aromatic rings. The first-order chi connectivity index (χ1) is 14.2. The highest BCUT2D eigenvalue weighted by atomic mass is 32.2. The van der Waals surface area contributed by atoms with Crippen LogP contribution in [0.25, 0.3) is 0 Å². The quantitative estimate of drug-likeness (QED) is 0.299. The molecule has 2 atom stereocenters. The molecule has 0 bridgehead atoms. The van der Waals surface area contributed by atoms with Crippen LogP contribution in [0.2, 0.25) is 0 Å². The number of hydrogen-bond acceptors (Lipinski definition) is 4. The zero-order chi connectivity index (χ0) is 21.9. The fourth-order valence-corrected chi connectivity index (χ4v) is 5.35. The summed E-state index contributed by atoms with van der Waals surface area (Å²) in [5, 5.41) is 0.483. The normalized spacial score (nSPS) is 27.7. The maximum absolute atomic E-state index is 15.1. The Hall–Kier alpha value is -1.28. The van der Waals surface area contributed by atoms with Gasteiger partial charge in [0, 0.05) is 5.25 Å². The standard InChI is InChI=1S/C22H28F4O3S/c1-3-30-16-8-6-14(7-9-16)17-10-11-18(19(20(17)23)22(24,25)26)29-21(27)15-5-4-13(2)28-12-15/h10-11,13-16H,3-9,12H2,1-2H3. The molecule has 0 spiro atoms. The van der Waals surface area contributed by atoms with Crippen molar-refractivity contribution in [2.24, 2.45) is 5.92 Å². The van der Waals surface area contributed by atoms with E-state index in [4.69, 9.17) is 9.47 Å². The Morgan fingerprint density at radius 3 is 2.43 bits per heavy atom. The molecule has 1 aromatic carbocycles. The van der Waals surface area contributed by atoms with Crippen molar-refractivity contribution in [1.29, 1.82) is 0 Å². The maximum atomic E-state index is 15.1. The van der Waals surface area contributed by atoms with Gasteiger partial charge in [-0.1, -0.05) is 13.0 Å². The van der Waals surface area contributed by atoms with Crippen LogP contribution in [0, 0.1) is 11.7 Å². The van der Waals surface area contributed by atoms with Gasteiger partial charge in [0.2, 0.25) is 0 Å². The van der Waals surface area contributed by atoms with Crippen LogP contribution in [-0.2, 0) is 15.7 Å². The van der Waals surface area contributed by atoms with Gasteiger partial charge >= 0.3 is 12.1 Å². The van der Waals surface area contributed by atoms with E-state index in [9.17, 15) is 18.0 Å². The number of carbonyl (C=O) groups is 1. The fraction of sp³-hybridized carbons (Fsp3) is 0.682. The molecule has 3 rings (SSSR count). The number of halogens is 4. The minimum atomic E-state index is -4.96. The molecule has 1 saturated heterocycles. The van der Waals surface area contributed by atoms with E-state index in [0.717, 1.165) is 24.7 Å². The first kappa shape index (κ1) is 23.4. The molecule has 1 aliphatic heterocycles. The third-order valence-electron chi connectivity index (χ3n) is 5.98. The van der Waals surface area contributed by atoms with E-state index in [0.29, 0.717) is 30.9 Å². The molecule has 30 heavy (non-hydrogen) atoms. The molecule has 3 nitrogen and oxygen atoms in total. The van der Waals surface area contributed by atoms with Gasteiger partial charge in [0.15, 0.2) is 0 Å². The summed E-state index contributed by atoms with van der Waals surface area (Å²) in [6.45, 7) is 4.04. The number of ether oxygens (including phenoxy) is 2. The third-order valence-corrected chi connectivity index (χ3v) is 7.26. The molecule has 8 heteroatoms. The number of benzene rings is 1. The van der Waals surface area contributed by atoms with Crippen LogP contribution < -0.4 is 4.74 Å². The van der Waals surface area contributed by atoms with Crippen LogP contribution in [0.15, 0.2) is 12.1 Å². The van der Waals surface area contributed by atoms with Crippen LogP contribution in [0.5, 0.6) is 5.75 Å². The van der Waals surface area contributed by atoms with Crippen LogP contribution >= 0.6 is 11.8 Å². The summed E-state index contributed by atoms with van der Waals surface area (Å²) >= 11 is 1.84. The Morgan fingerprint density at radius 1 is 1.17 bits per heavy atom. The maximum Gasteiger partial charge on any atom is 0.422 e. The molecule has 2 fully saturated rings. The highest BCUT2D eigenvalue weighted by Gasteiger charge is 2.41. The molecule has 0 amide bonds. The Morgan fingerprint density at radius 2 is 1.87 bits per heavy atom. The van der Waals surface area contributed by atoms with E-state index in [2.05, 4.69) is 6.92 Å². The largest absolute Gasteiger partial charge is 0.425 e. The molecule has 2 aliphatic rings. The van der Waals surface area contributed by atoms with Crippen molar-refractivity contribution in [2.75, 3.05) is 12.4 Å². The van der Waals surface area contributed by atoms with E-state index in [-0.39, 0.29) is 24.2 Å². The lowest BCUT2D eigenvalue weighted by atomic mass is 9.83. The molecule has 0 aromatic heterocycles. The number of thioether (sulfide) groups is 1. The molecule has 1 saturated carbocycles. The predicted molar refractivity (Wildman–Crippen MR) is 108 cm³/mol. The van der Waals surface area contributed by atoms with Crippen LogP contribution in [0.1, 0.15) is 69.4 Å². The second kappa shape index (κ2) is 9.90. The summed E-state index contributed by atoms with van der Waals surface area (Å²) in [6.07, 6.45) is -0.823. The molecular weight excluding hydrogens is 420 g/mol. The molecule has 168 valence electrons. The summed E-state index contributed by atoms with van der Waals surface area (Å²) in [5.41, 5.74) is -1.42. The molecule has 2 unspecified atom stereocenters. The number of carbonyl (C=O) groups excluding carboxylic acids is 1. The van der Waals surface area contributed by atoms with Crippen molar-refractivity contribution in [1.82, 2.24) is 0 Å². The molecule has 0 N–H and O–H groups in total. The van der Waals surface area contributed by atoms with Gasteiger partial charge in [-0.3, -0.25) is 4.79 Å². The molecular formula is C22H28F4O3S. The first-order valence-corrected chi connectivity index (χ1v) is 11.6. The van der Waals surface area contributed by atoms with Crippen LogP contribution in [0.4, 0.5) is 17.6 Å². The van der Waals surface area contributed by atoms with E-state index >= 15 is 4.39 Å². The second-order valence-corrected chi connectivity index (χ2v) is 9.69. The monoisotopic (exact) mass is 448 g/mol. The second-order valence-electron chi connectivity index (χ2n) is 8.11. The lowest BCUT2D eigenvalue weighted by Crippen LogP contribution is -2.32. The van der Waals surface area contributed by atoms with E-state index < -0.39 is 35.2 Å². The van der Waals surface area contributed by atoms with Gasteiger partial charge in [0.1, 0.15) is 17.1 Å². The van der Waals surface area contributed by atoms with E-state index in [1.165, 1.54) is 6.07 Å². The predicted octanol–water partition coefficient (Wildman–Crippen LogP) is 6.34.